The van der Waals surface area contributed by atoms with E-state index in [0.717, 1.165) is 25.9 Å². The zero-order valence-electron chi connectivity index (χ0n) is 8.12. The van der Waals surface area contributed by atoms with Crippen LogP contribution in [0.2, 0.25) is 4.20 Å². The van der Waals surface area contributed by atoms with Crippen LogP contribution in [0, 0.1) is 11.3 Å². The molecule has 13 heavy (non-hydrogen) atoms. The Balaban J connectivity index is 2.51. The van der Waals surface area contributed by atoms with Crippen LogP contribution in [-0.4, -0.2) is 57.4 Å². The van der Waals surface area contributed by atoms with Gasteiger partial charge in [-0.25, -0.2) is 0 Å². The van der Waals surface area contributed by atoms with Crippen LogP contribution >= 0.6 is 0 Å². The molecule has 0 aromatic carbocycles. The van der Waals surface area contributed by atoms with Crippen LogP contribution in [0.3, 0.4) is 0 Å². The fraction of sp³-hybridized carbons (Fsp3) is 0.875. The fourth-order valence-electron chi connectivity index (χ4n) is 1.53. The zero-order chi connectivity index (χ0) is 9.90. The molecule has 4 nitrogen and oxygen atoms in total. The Bertz CT molecular complexity index is 206. The summed E-state index contributed by atoms with van der Waals surface area (Å²) in [5.41, 5.74) is 0. The van der Waals surface area contributed by atoms with E-state index >= 15 is 0 Å². The summed E-state index contributed by atoms with van der Waals surface area (Å²) in [7, 11) is 4.02. The molecule has 0 saturated carbocycles. The monoisotopic (exact) mass is 245 g/mol. The third-order valence-electron chi connectivity index (χ3n) is 2.59. The van der Waals surface area contributed by atoms with E-state index in [-0.39, 0.29) is 4.20 Å². The fourth-order valence-corrected chi connectivity index (χ4v) is 2.57. The van der Waals surface area contributed by atoms with E-state index in [9.17, 15) is 4.10 Å². The maximum atomic E-state index is 9.24. The Labute approximate surface area is 86.1 Å². The standard InChI is InChI=1S/C8H16AsN3O/c1-11(2)12-5-3-8(7-10,9-13)4-6-12/h9,13H,3-6H2,1-2H3. The van der Waals surface area contributed by atoms with Gasteiger partial charge >= 0.3 is 85.8 Å². The van der Waals surface area contributed by atoms with Crippen molar-refractivity contribution in [1.29, 1.82) is 5.26 Å². The molecule has 1 aliphatic heterocycles. The quantitative estimate of drug-likeness (QED) is 0.672. The molecule has 1 atom stereocenters. The van der Waals surface area contributed by atoms with E-state index in [1.165, 1.54) is 0 Å². The van der Waals surface area contributed by atoms with Gasteiger partial charge in [0.2, 0.25) is 0 Å². The van der Waals surface area contributed by atoms with Crippen molar-refractivity contribution in [3.05, 3.63) is 0 Å². The summed E-state index contributed by atoms with van der Waals surface area (Å²) in [5, 5.41) is 13.2. The van der Waals surface area contributed by atoms with Crippen molar-refractivity contribution < 1.29 is 4.10 Å². The molecule has 0 spiro atoms. The molecule has 74 valence electrons. The van der Waals surface area contributed by atoms with E-state index in [0.29, 0.717) is 0 Å². The first-order valence-electron chi connectivity index (χ1n) is 4.38. The Kier molecular flexibility index (Phi) is 3.75. The Morgan fingerprint density at radius 3 is 2.31 bits per heavy atom. The van der Waals surface area contributed by atoms with Crippen LogP contribution in [-0.2, 0) is 0 Å². The zero-order valence-corrected chi connectivity index (χ0v) is 10.2. The predicted molar refractivity (Wildman–Crippen MR) is 52.2 cm³/mol. The number of hydrogen-bond acceptors (Lipinski definition) is 4. The molecule has 1 heterocycles. The molecule has 1 rings (SSSR count). The van der Waals surface area contributed by atoms with E-state index < -0.39 is 16.1 Å². The van der Waals surface area contributed by atoms with Crippen molar-refractivity contribution in [2.45, 2.75) is 17.0 Å². The second-order valence-electron chi connectivity index (χ2n) is 3.61. The number of piperidine rings is 1. The minimum absolute atomic E-state index is 0.355. The van der Waals surface area contributed by atoms with Crippen LogP contribution in [0.1, 0.15) is 12.8 Å². The first-order valence-corrected chi connectivity index (χ1v) is 6.37. The molecule has 5 heteroatoms. The summed E-state index contributed by atoms with van der Waals surface area (Å²) in [5.74, 6) is 0. The number of rotatable bonds is 2. The molecule has 1 fully saturated rings. The van der Waals surface area contributed by atoms with Gasteiger partial charge in [0.05, 0.1) is 0 Å². The predicted octanol–water partition coefficient (Wildman–Crippen LogP) is -0.415. The van der Waals surface area contributed by atoms with Crippen molar-refractivity contribution in [3.63, 3.8) is 0 Å². The number of hydrogen-bond donors (Lipinski definition) is 1. The van der Waals surface area contributed by atoms with Gasteiger partial charge in [0, 0.05) is 0 Å². The first-order chi connectivity index (χ1) is 6.13. The molecule has 0 aromatic heterocycles. The summed E-state index contributed by atoms with van der Waals surface area (Å²) >= 11 is -1.07. The number of hydrazine groups is 1. The normalized spacial score (nSPS) is 23.9. The third kappa shape index (κ3) is 2.45. The summed E-state index contributed by atoms with van der Waals surface area (Å²) in [6.45, 7) is 1.79. The Morgan fingerprint density at radius 2 is 2.00 bits per heavy atom. The topological polar surface area (TPSA) is 50.5 Å². The molecule has 0 amide bonds. The third-order valence-corrected chi connectivity index (χ3v) is 4.77. The van der Waals surface area contributed by atoms with Gasteiger partial charge in [-0.05, 0) is 0 Å². The van der Waals surface area contributed by atoms with Gasteiger partial charge in [0.1, 0.15) is 0 Å². The number of nitriles is 1. The van der Waals surface area contributed by atoms with Gasteiger partial charge in [-0.15, -0.1) is 0 Å². The molecule has 0 aliphatic carbocycles. The molecular weight excluding hydrogens is 229 g/mol. The summed E-state index contributed by atoms with van der Waals surface area (Å²) in [4.78, 5) is 0. The Hall–Kier alpha value is -0.0716. The average Bonchev–Trinajstić information content (AvgIpc) is 2.18. The van der Waals surface area contributed by atoms with Crippen LogP contribution in [0.4, 0.5) is 0 Å². The second-order valence-corrected chi connectivity index (χ2v) is 6.08. The molecular formula is C8H16AsN3O. The van der Waals surface area contributed by atoms with Crippen LogP contribution in [0.25, 0.3) is 0 Å². The Morgan fingerprint density at radius 1 is 1.46 bits per heavy atom. The van der Waals surface area contributed by atoms with Crippen molar-refractivity contribution in [2.75, 3.05) is 27.2 Å². The van der Waals surface area contributed by atoms with Crippen molar-refractivity contribution in [2.24, 2.45) is 0 Å². The van der Waals surface area contributed by atoms with Crippen molar-refractivity contribution in [1.82, 2.24) is 10.0 Å². The number of nitrogens with zero attached hydrogens (tertiary/aromatic N) is 3. The molecule has 1 N–H and O–H groups in total. The molecule has 0 aromatic rings. The van der Waals surface area contributed by atoms with Crippen molar-refractivity contribution >= 4 is 16.1 Å². The van der Waals surface area contributed by atoms with Crippen molar-refractivity contribution in [3.8, 4) is 6.07 Å². The maximum absolute atomic E-state index is 9.24. The molecule has 1 saturated heterocycles. The van der Waals surface area contributed by atoms with Gasteiger partial charge in [-0.1, -0.05) is 0 Å². The SMILES string of the molecule is CN(C)N1CCC(C#N)([AsH]O)CC1. The average molecular weight is 245 g/mol. The second kappa shape index (κ2) is 4.43. The van der Waals surface area contributed by atoms with Gasteiger partial charge in [0.15, 0.2) is 0 Å². The van der Waals surface area contributed by atoms with E-state index in [4.69, 9.17) is 5.26 Å². The van der Waals surface area contributed by atoms with E-state index in [2.05, 4.69) is 16.1 Å². The molecule has 1 unspecified atom stereocenters. The molecule has 1 aliphatic rings. The summed E-state index contributed by atoms with van der Waals surface area (Å²) < 4.78 is 8.88. The van der Waals surface area contributed by atoms with Crippen LogP contribution in [0.5, 0.6) is 0 Å². The van der Waals surface area contributed by atoms with Gasteiger partial charge in [0.25, 0.3) is 0 Å². The molecule has 0 radical (unpaired) electrons. The van der Waals surface area contributed by atoms with Gasteiger partial charge in [-0.2, -0.15) is 0 Å². The summed E-state index contributed by atoms with van der Waals surface area (Å²) in [6.07, 6.45) is 1.64. The minimum atomic E-state index is -1.07. The van der Waals surface area contributed by atoms with Gasteiger partial charge in [-0.3, -0.25) is 0 Å². The first kappa shape index (κ1) is 11.0. The van der Waals surface area contributed by atoms with E-state index in [1.54, 1.807) is 0 Å². The van der Waals surface area contributed by atoms with Crippen LogP contribution < -0.4 is 0 Å². The molecule has 0 bridgehead atoms. The van der Waals surface area contributed by atoms with Gasteiger partial charge < -0.3 is 0 Å². The van der Waals surface area contributed by atoms with E-state index in [1.807, 2.05) is 14.1 Å². The van der Waals surface area contributed by atoms with Crippen LogP contribution in [0.15, 0.2) is 0 Å². The summed E-state index contributed by atoms with van der Waals surface area (Å²) in [6, 6.07) is 2.29.